The van der Waals surface area contributed by atoms with E-state index in [0.717, 1.165) is 42.8 Å². The van der Waals surface area contributed by atoms with Crippen LogP contribution in [0.4, 0.5) is 0 Å². The van der Waals surface area contributed by atoms with E-state index in [-0.39, 0.29) is 6.10 Å². The van der Waals surface area contributed by atoms with Gasteiger partial charge in [-0.2, -0.15) is 0 Å². The Morgan fingerprint density at radius 2 is 1.85 bits per heavy atom. The molecular formula is C20H21ClN4O. The lowest BCUT2D eigenvalue weighted by atomic mass is 9.86. The molecule has 0 amide bonds. The third-order valence-corrected chi connectivity index (χ3v) is 5.22. The Labute approximate surface area is 158 Å². The first-order valence-electron chi connectivity index (χ1n) is 8.96. The van der Waals surface area contributed by atoms with Crippen LogP contribution in [0.15, 0.2) is 55.0 Å². The maximum Gasteiger partial charge on any atom is 0.213 e. The fraction of sp³-hybridized carbons (Fsp3) is 0.350. The number of pyridine rings is 1. The summed E-state index contributed by atoms with van der Waals surface area (Å²) in [5.41, 5.74) is 2.18. The van der Waals surface area contributed by atoms with E-state index in [1.165, 1.54) is 0 Å². The number of nitrogens with zero attached hydrogens (tertiary/aromatic N) is 4. The fourth-order valence-corrected chi connectivity index (χ4v) is 3.67. The molecule has 6 heteroatoms. The molecule has 0 spiro atoms. The van der Waals surface area contributed by atoms with Crippen LogP contribution in [0.25, 0.3) is 5.69 Å². The molecule has 26 heavy (non-hydrogen) atoms. The summed E-state index contributed by atoms with van der Waals surface area (Å²) in [6, 6.07) is 14.0. The molecule has 0 radical (unpaired) electrons. The lowest BCUT2D eigenvalue weighted by Gasteiger charge is -2.28. The van der Waals surface area contributed by atoms with Crippen molar-refractivity contribution in [1.82, 2.24) is 19.7 Å². The summed E-state index contributed by atoms with van der Waals surface area (Å²) in [7, 11) is 0. The van der Waals surface area contributed by atoms with Gasteiger partial charge in [-0.05, 0) is 49.4 Å². The van der Waals surface area contributed by atoms with Gasteiger partial charge < -0.3 is 4.74 Å². The molecule has 1 saturated carbocycles. The first-order valence-corrected chi connectivity index (χ1v) is 9.50. The zero-order valence-electron chi connectivity index (χ0n) is 14.5. The Morgan fingerprint density at radius 1 is 1.04 bits per heavy atom. The van der Waals surface area contributed by atoms with Gasteiger partial charge in [0, 0.05) is 29.7 Å². The molecule has 1 aliphatic rings. The van der Waals surface area contributed by atoms with Crippen LogP contribution < -0.4 is 4.74 Å². The van der Waals surface area contributed by atoms with E-state index in [9.17, 15) is 0 Å². The minimum absolute atomic E-state index is 0.223. The molecule has 0 unspecified atom stereocenters. The number of alkyl halides is 1. The summed E-state index contributed by atoms with van der Waals surface area (Å²) < 4.78 is 8.08. The van der Waals surface area contributed by atoms with Crippen LogP contribution in [-0.2, 0) is 5.88 Å². The van der Waals surface area contributed by atoms with Gasteiger partial charge in [-0.1, -0.05) is 18.2 Å². The first-order chi connectivity index (χ1) is 12.8. The van der Waals surface area contributed by atoms with Gasteiger partial charge in [0.25, 0.3) is 0 Å². The van der Waals surface area contributed by atoms with Crippen molar-refractivity contribution >= 4 is 11.6 Å². The average molecular weight is 369 g/mol. The Kier molecular flexibility index (Phi) is 5.16. The molecule has 0 saturated heterocycles. The molecule has 0 N–H and O–H groups in total. The molecule has 3 aromatic rings. The highest BCUT2D eigenvalue weighted by Gasteiger charge is 2.27. The molecule has 0 aliphatic heterocycles. The summed E-state index contributed by atoms with van der Waals surface area (Å²) >= 11 is 5.88. The Morgan fingerprint density at radius 3 is 2.54 bits per heavy atom. The molecular weight excluding hydrogens is 348 g/mol. The third-order valence-electron chi connectivity index (χ3n) is 4.91. The van der Waals surface area contributed by atoms with Crippen molar-refractivity contribution in [2.45, 2.75) is 43.6 Å². The maximum absolute atomic E-state index is 5.99. The van der Waals surface area contributed by atoms with Crippen molar-refractivity contribution in [3.63, 3.8) is 0 Å². The zero-order chi connectivity index (χ0) is 17.8. The summed E-state index contributed by atoms with van der Waals surface area (Å²) in [5.74, 6) is 2.66. The lowest BCUT2D eigenvalue weighted by Crippen LogP contribution is -2.25. The summed E-state index contributed by atoms with van der Waals surface area (Å²) in [6.07, 6.45) is 7.85. The van der Waals surface area contributed by atoms with Crippen LogP contribution in [0.2, 0.25) is 0 Å². The van der Waals surface area contributed by atoms with E-state index in [2.05, 4.69) is 31.9 Å². The Bertz CT molecular complexity index is 827. The molecule has 2 heterocycles. The summed E-state index contributed by atoms with van der Waals surface area (Å²) in [5, 5.41) is 8.55. The number of hydrogen-bond acceptors (Lipinski definition) is 4. The van der Waals surface area contributed by atoms with Crippen LogP contribution in [0.3, 0.4) is 0 Å². The highest BCUT2D eigenvalue weighted by molar-refractivity contribution is 6.17. The monoisotopic (exact) mass is 368 g/mol. The number of halogens is 1. The van der Waals surface area contributed by atoms with Gasteiger partial charge in [0.15, 0.2) is 0 Å². The molecule has 0 bridgehead atoms. The van der Waals surface area contributed by atoms with Crippen molar-refractivity contribution < 1.29 is 4.74 Å². The summed E-state index contributed by atoms with van der Waals surface area (Å²) in [6.45, 7) is 0. The van der Waals surface area contributed by atoms with Crippen molar-refractivity contribution in [3.8, 4) is 11.6 Å². The number of rotatable bonds is 5. The number of ether oxygens (including phenoxy) is 1. The van der Waals surface area contributed by atoms with E-state index < -0.39 is 0 Å². The molecule has 1 aromatic carbocycles. The fourth-order valence-electron chi connectivity index (χ4n) is 3.49. The van der Waals surface area contributed by atoms with Gasteiger partial charge in [-0.15, -0.1) is 21.8 Å². The van der Waals surface area contributed by atoms with Crippen LogP contribution in [0, 0.1) is 0 Å². The molecule has 1 fully saturated rings. The van der Waals surface area contributed by atoms with Gasteiger partial charge in [0.1, 0.15) is 18.3 Å². The minimum atomic E-state index is 0.223. The normalized spacial score (nSPS) is 20.0. The van der Waals surface area contributed by atoms with Crippen molar-refractivity contribution in [1.29, 1.82) is 0 Å². The largest absolute Gasteiger partial charge is 0.474 e. The number of benzene rings is 1. The van der Waals surface area contributed by atoms with E-state index in [1.54, 1.807) is 12.5 Å². The zero-order valence-corrected chi connectivity index (χ0v) is 15.2. The predicted octanol–water partition coefficient (Wildman–Crippen LogP) is 4.51. The van der Waals surface area contributed by atoms with E-state index in [4.69, 9.17) is 16.3 Å². The highest BCUT2D eigenvalue weighted by Crippen LogP contribution is 2.34. The van der Waals surface area contributed by atoms with Gasteiger partial charge in [-0.3, -0.25) is 4.57 Å². The van der Waals surface area contributed by atoms with Crippen LogP contribution in [-0.4, -0.2) is 25.9 Å². The van der Waals surface area contributed by atoms with Crippen LogP contribution >= 0.6 is 11.6 Å². The highest BCUT2D eigenvalue weighted by atomic mass is 35.5. The average Bonchev–Trinajstić information content (AvgIpc) is 3.19. The van der Waals surface area contributed by atoms with E-state index >= 15 is 0 Å². The van der Waals surface area contributed by atoms with Gasteiger partial charge in [0.2, 0.25) is 5.88 Å². The second kappa shape index (κ2) is 7.87. The second-order valence-corrected chi connectivity index (χ2v) is 6.89. The standard InChI is InChI=1S/C20H21ClN4O/c21-13-15-4-8-17(9-5-15)25-14-23-24-20(25)16-6-10-18(11-7-16)26-19-3-1-2-12-22-19/h1-5,8-9,12,14,16,18H,6-7,10-11,13H2. The third kappa shape index (κ3) is 3.73. The lowest BCUT2D eigenvalue weighted by molar-refractivity contribution is 0.139. The minimum Gasteiger partial charge on any atom is -0.474 e. The summed E-state index contributed by atoms with van der Waals surface area (Å²) in [4.78, 5) is 4.25. The van der Waals surface area contributed by atoms with E-state index in [1.807, 2.05) is 30.3 Å². The van der Waals surface area contributed by atoms with Gasteiger partial charge in [-0.25, -0.2) is 4.98 Å². The molecule has 1 aliphatic carbocycles. The predicted molar refractivity (Wildman–Crippen MR) is 101 cm³/mol. The number of aromatic nitrogens is 4. The topological polar surface area (TPSA) is 52.8 Å². The van der Waals surface area contributed by atoms with Crippen LogP contribution in [0.1, 0.15) is 43.0 Å². The maximum atomic E-state index is 5.99. The molecule has 5 nitrogen and oxygen atoms in total. The van der Waals surface area contributed by atoms with Crippen molar-refractivity contribution in [2.24, 2.45) is 0 Å². The van der Waals surface area contributed by atoms with Crippen LogP contribution in [0.5, 0.6) is 5.88 Å². The quantitative estimate of drug-likeness (QED) is 0.622. The molecule has 134 valence electrons. The Balaban J connectivity index is 1.43. The Hall–Kier alpha value is -2.40. The second-order valence-electron chi connectivity index (χ2n) is 6.62. The number of hydrogen-bond donors (Lipinski definition) is 0. The van der Waals surface area contributed by atoms with Gasteiger partial charge in [0.05, 0.1) is 0 Å². The van der Waals surface area contributed by atoms with Gasteiger partial charge >= 0.3 is 0 Å². The first kappa shape index (κ1) is 17.0. The van der Waals surface area contributed by atoms with Crippen molar-refractivity contribution in [3.05, 3.63) is 66.4 Å². The molecule has 4 rings (SSSR count). The smallest absolute Gasteiger partial charge is 0.213 e. The van der Waals surface area contributed by atoms with E-state index in [0.29, 0.717) is 17.7 Å². The molecule has 2 aromatic heterocycles. The molecule has 0 atom stereocenters. The van der Waals surface area contributed by atoms with Crippen molar-refractivity contribution in [2.75, 3.05) is 0 Å². The SMILES string of the molecule is ClCc1ccc(-n2cnnc2C2CCC(Oc3ccccn3)CC2)cc1.